The van der Waals surface area contributed by atoms with E-state index in [2.05, 4.69) is 46.8 Å². The van der Waals surface area contributed by atoms with Crippen molar-refractivity contribution in [2.75, 3.05) is 5.32 Å². The van der Waals surface area contributed by atoms with Gasteiger partial charge in [-0.2, -0.15) is 0 Å². The smallest absolute Gasteiger partial charge is 0.253 e. The van der Waals surface area contributed by atoms with Gasteiger partial charge in [-0.25, -0.2) is 0 Å². The maximum atomic E-state index is 12.6. The minimum absolute atomic E-state index is 0.114. The number of nitrogens with one attached hydrogen (secondary N) is 2. The lowest BCUT2D eigenvalue weighted by molar-refractivity contribution is -0.116. The van der Waals surface area contributed by atoms with Crippen molar-refractivity contribution in [3.63, 3.8) is 0 Å². The highest BCUT2D eigenvalue weighted by atomic mass is 16.2. The molecule has 2 N–H and O–H groups in total. The molecule has 0 saturated carbocycles. The van der Waals surface area contributed by atoms with E-state index in [0.717, 1.165) is 17.5 Å². The molecular weight excluding hydrogens is 362 g/mol. The zero-order chi connectivity index (χ0) is 20.5. The first kappa shape index (κ1) is 20.3. The fourth-order valence-corrected chi connectivity index (χ4v) is 2.98. The van der Waals surface area contributed by atoms with Crippen LogP contribution in [0.2, 0.25) is 0 Å². The standard InChI is InChI=1S/C24H25N3O2/c1-2-18-9-11-19(12-10-18)13-14-23(28)27-22-8-4-3-7-21(22)24(29)26-17-20-6-5-15-25-16-20/h3-12,15-16H,2,13-14,17H2,1H3,(H,26,29)(H,27,28). The van der Waals surface area contributed by atoms with Crippen molar-refractivity contribution >= 4 is 17.5 Å². The molecule has 1 heterocycles. The quantitative estimate of drug-likeness (QED) is 0.610. The molecule has 0 radical (unpaired) electrons. The summed E-state index contributed by atoms with van der Waals surface area (Å²) < 4.78 is 0. The normalized spacial score (nSPS) is 10.4. The lowest BCUT2D eigenvalue weighted by Gasteiger charge is -2.11. The van der Waals surface area contributed by atoms with Crippen LogP contribution in [-0.2, 0) is 24.2 Å². The number of rotatable bonds is 8. The Hall–Kier alpha value is -3.47. The number of aryl methyl sites for hydroxylation is 2. The third-order valence-electron chi connectivity index (χ3n) is 4.69. The lowest BCUT2D eigenvalue weighted by atomic mass is 10.1. The Bertz CT molecular complexity index is 953. The van der Waals surface area contributed by atoms with Crippen LogP contribution in [0.1, 0.15) is 40.4 Å². The summed E-state index contributed by atoms with van der Waals surface area (Å²) in [7, 11) is 0. The zero-order valence-electron chi connectivity index (χ0n) is 16.5. The second-order valence-electron chi connectivity index (χ2n) is 6.81. The van der Waals surface area contributed by atoms with Crippen molar-refractivity contribution in [1.82, 2.24) is 10.3 Å². The molecule has 2 aromatic carbocycles. The van der Waals surface area contributed by atoms with Gasteiger partial charge in [-0.1, -0.05) is 49.4 Å². The van der Waals surface area contributed by atoms with Crippen molar-refractivity contribution in [1.29, 1.82) is 0 Å². The maximum absolute atomic E-state index is 12.6. The number of pyridine rings is 1. The van der Waals surface area contributed by atoms with E-state index in [-0.39, 0.29) is 11.8 Å². The largest absolute Gasteiger partial charge is 0.348 e. The first-order valence-corrected chi connectivity index (χ1v) is 9.79. The van der Waals surface area contributed by atoms with E-state index in [9.17, 15) is 9.59 Å². The molecule has 0 aliphatic rings. The topological polar surface area (TPSA) is 71.1 Å². The van der Waals surface area contributed by atoms with Crippen molar-refractivity contribution in [3.05, 3.63) is 95.3 Å². The fraction of sp³-hybridized carbons (Fsp3) is 0.208. The van der Waals surface area contributed by atoms with Gasteiger partial charge in [-0.05, 0) is 47.7 Å². The number of nitrogens with zero attached hydrogens (tertiary/aromatic N) is 1. The number of aromatic nitrogens is 1. The fourth-order valence-electron chi connectivity index (χ4n) is 2.98. The minimum atomic E-state index is -0.236. The van der Waals surface area contributed by atoms with Gasteiger partial charge in [-0.3, -0.25) is 14.6 Å². The van der Waals surface area contributed by atoms with Gasteiger partial charge >= 0.3 is 0 Å². The van der Waals surface area contributed by atoms with Gasteiger partial charge in [0.25, 0.3) is 5.91 Å². The van der Waals surface area contributed by atoms with Crippen LogP contribution < -0.4 is 10.6 Å². The molecule has 0 aliphatic heterocycles. The summed E-state index contributed by atoms with van der Waals surface area (Å²) >= 11 is 0. The van der Waals surface area contributed by atoms with E-state index in [0.29, 0.717) is 30.6 Å². The van der Waals surface area contributed by atoms with Gasteiger partial charge in [0, 0.05) is 25.4 Å². The molecule has 1 aromatic heterocycles. The number of amides is 2. The average molecular weight is 387 g/mol. The predicted octanol–water partition coefficient (Wildman–Crippen LogP) is 4.15. The second-order valence-corrected chi connectivity index (χ2v) is 6.81. The van der Waals surface area contributed by atoms with Crippen LogP contribution in [0.3, 0.4) is 0 Å². The minimum Gasteiger partial charge on any atom is -0.348 e. The van der Waals surface area contributed by atoms with E-state index in [1.807, 2.05) is 12.1 Å². The van der Waals surface area contributed by atoms with Crippen LogP contribution in [0, 0.1) is 0 Å². The Labute approximate surface area is 171 Å². The van der Waals surface area contributed by atoms with Crippen molar-refractivity contribution in [2.24, 2.45) is 0 Å². The Balaban J connectivity index is 1.57. The molecule has 2 amide bonds. The average Bonchev–Trinajstić information content (AvgIpc) is 2.77. The predicted molar refractivity (Wildman–Crippen MR) is 115 cm³/mol. The van der Waals surface area contributed by atoms with Crippen LogP contribution in [-0.4, -0.2) is 16.8 Å². The van der Waals surface area contributed by atoms with Crippen LogP contribution in [0.25, 0.3) is 0 Å². The zero-order valence-corrected chi connectivity index (χ0v) is 16.5. The van der Waals surface area contributed by atoms with Crippen molar-refractivity contribution in [2.45, 2.75) is 32.7 Å². The number of hydrogen-bond acceptors (Lipinski definition) is 3. The Morgan fingerprint density at radius 3 is 2.38 bits per heavy atom. The van der Waals surface area contributed by atoms with Crippen LogP contribution in [0.15, 0.2) is 73.1 Å². The molecule has 0 unspecified atom stereocenters. The highest BCUT2D eigenvalue weighted by Gasteiger charge is 2.13. The molecule has 3 rings (SSSR count). The summed E-state index contributed by atoms with van der Waals surface area (Å²) in [6.45, 7) is 2.50. The van der Waals surface area contributed by atoms with Gasteiger partial charge in [0.2, 0.25) is 5.91 Å². The molecule has 0 saturated heterocycles. The Morgan fingerprint density at radius 2 is 1.66 bits per heavy atom. The van der Waals surface area contributed by atoms with E-state index in [4.69, 9.17) is 0 Å². The van der Waals surface area contributed by atoms with Crippen LogP contribution in [0.4, 0.5) is 5.69 Å². The molecule has 29 heavy (non-hydrogen) atoms. The lowest BCUT2D eigenvalue weighted by Crippen LogP contribution is -2.25. The summed E-state index contributed by atoms with van der Waals surface area (Å²) in [4.78, 5) is 29.0. The van der Waals surface area contributed by atoms with Gasteiger partial charge in [0.15, 0.2) is 0 Å². The van der Waals surface area contributed by atoms with Gasteiger partial charge < -0.3 is 10.6 Å². The van der Waals surface area contributed by atoms with E-state index in [1.54, 1.807) is 36.7 Å². The molecule has 148 valence electrons. The molecule has 5 heteroatoms. The Morgan fingerprint density at radius 1 is 0.897 bits per heavy atom. The van der Waals surface area contributed by atoms with Crippen molar-refractivity contribution in [3.8, 4) is 0 Å². The SMILES string of the molecule is CCc1ccc(CCC(=O)Nc2ccccc2C(=O)NCc2cccnc2)cc1. The monoisotopic (exact) mass is 387 g/mol. The molecular formula is C24H25N3O2. The summed E-state index contributed by atoms with van der Waals surface area (Å²) in [5.41, 5.74) is 4.28. The summed E-state index contributed by atoms with van der Waals surface area (Å²) in [5.74, 6) is -0.350. The van der Waals surface area contributed by atoms with Crippen LogP contribution in [0.5, 0.6) is 0 Å². The summed E-state index contributed by atoms with van der Waals surface area (Å²) in [5, 5.41) is 5.74. The molecule has 0 aliphatic carbocycles. The third-order valence-corrected chi connectivity index (χ3v) is 4.69. The van der Waals surface area contributed by atoms with E-state index < -0.39 is 0 Å². The van der Waals surface area contributed by atoms with Gasteiger partial charge in [0.05, 0.1) is 11.3 Å². The van der Waals surface area contributed by atoms with Crippen LogP contribution >= 0.6 is 0 Å². The number of para-hydroxylation sites is 1. The highest BCUT2D eigenvalue weighted by Crippen LogP contribution is 2.16. The summed E-state index contributed by atoms with van der Waals surface area (Å²) in [6.07, 6.45) is 5.41. The Kier molecular flexibility index (Phi) is 7.11. The molecule has 0 bridgehead atoms. The number of carbonyl (C=O) groups excluding carboxylic acids is 2. The first-order chi connectivity index (χ1) is 14.2. The molecule has 5 nitrogen and oxygen atoms in total. The van der Waals surface area contributed by atoms with Gasteiger partial charge in [0.1, 0.15) is 0 Å². The highest BCUT2D eigenvalue weighted by molar-refractivity contribution is 6.03. The maximum Gasteiger partial charge on any atom is 0.253 e. The van der Waals surface area contributed by atoms with Crippen molar-refractivity contribution < 1.29 is 9.59 Å². The third kappa shape index (κ3) is 6.01. The molecule has 0 fully saturated rings. The number of benzene rings is 2. The molecule has 0 spiro atoms. The number of anilines is 1. The second kappa shape index (κ2) is 10.2. The molecule has 3 aromatic rings. The summed E-state index contributed by atoms with van der Waals surface area (Å²) in [6, 6.07) is 19.1. The first-order valence-electron chi connectivity index (χ1n) is 9.79. The van der Waals surface area contributed by atoms with E-state index >= 15 is 0 Å². The van der Waals surface area contributed by atoms with Gasteiger partial charge in [-0.15, -0.1) is 0 Å². The number of carbonyl (C=O) groups is 2. The number of hydrogen-bond donors (Lipinski definition) is 2. The molecule has 0 atom stereocenters. The van der Waals surface area contributed by atoms with E-state index in [1.165, 1.54) is 5.56 Å².